The molecule has 0 aromatic heterocycles. The van der Waals surface area contributed by atoms with Crippen molar-refractivity contribution in [3.8, 4) is 0 Å². The Morgan fingerprint density at radius 2 is 1.95 bits per heavy atom. The summed E-state index contributed by atoms with van der Waals surface area (Å²) in [4.78, 5) is 11.5. The smallest absolute Gasteiger partial charge is 0.407 e. The van der Waals surface area contributed by atoms with Crippen LogP contribution in [0, 0.1) is 5.92 Å². The van der Waals surface area contributed by atoms with Crippen LogP contribution in [0.2, 0.25) is 0 Å². The van der Waals surface area contributed by atoms with Crippen molar-refractivity contribution in [3.05, 3.63) is 35.9 Å². The van der Waals surface area contributed by atoms with Crippen molar-refractivity contribution in [1.29, 1.82) is 0 Å². The van der Waals surface area contributed by atoms with E-state index in [4.69, 9.17) is 4.74 Å². The van der Waals surface area contributed by atoms with Gasteiger partial charge in [0.25, 0.3) is 0 Å². The van der Waals surface area contributed by atoms with Crippen molar-refractivity contribution in [1.82, 2.24) is 5.32 Å². The first-order chi connectivity index (χ1) is 9.34. The largest absolute Gasteiger partial charge is 0.449 e. The molecular formula is C16H23NO2. The fourth-order valence-electron chi connectivity index (χ4n) is 2.63. The Hall–Kier alpha value is -1.51. The molecule has 1 aliphatic carbocycles. The quantitative estimate of drug-likeness (QED) is 0.850. The molecule has 2 rings (SSSR count). The summed E-state index contributed by atoms with van der Waals surface area (Å²) in [5, 5.41) is 2.83. The highest BCUT2D eigenvalue weighted by Crippen LogP contribution is 2.26. The summed E-state index contributed by atoms with van der Waals surface area (Å²) in [5.74, 6) is 0.810. The van der Waals surface area contributed by atoms with Gasteiger partial charge in [0, 0.05) is 13.0 Å². The maximum atomic E-state index is 11.5. The zero-order valence-electron chi connectivity index (χ0n) is 11.4. The van der Waals surface area contributed by atoms with Crippen molar-refractivity contribution < 1.29 is 9.53 Å². The van der Waals surface area contributed by atoms with Crippen LogP contribution in [0.3, 0.4) is 0 Å². The molecule has 3 nitrogen and oxygen atoms in total. The minimum absolute atomic E-state index is 0.283. The Bertz CT molecular complexity index is 372. The number of rotatable bonds is 6. The average molecular weight is 261 g/mol. The van der Waals surface area contributed by atoms with Crippen LogP contribution in [0.25, 0.3) is 0 Å². The van der Waals surface area contributed by atoms with Gasteiger partial charge in [0.05, 0.1) is 6.61 Å². The second kappa shape index (κ2) is 7.82. The molecule has 0 unspecified atom stereocenters. The molecule has 0 spiro atoms. The van der Waals surface area contributed by atoms with E-state index in [1.165, 1.54) is 31.2 Å². The predicted octanol–water partition coefficient (Wildman–Crippen LogP) is 3.54. The second-order valence-electron chi connectivity index (χ2n) is 5.24. The van der Waals surface area contributed by atoms with E-state index < -0.39 is 0 Å². The summed E-state index contributed by atoms with van der Waals surface area (Å²) < 4.78 is 5.16. The molecule has 3 heteroatoms. The maximum Gasteiger partial charge on any atom is 0.407 e. The average Bonchev–Trinajstić information content (AvgIpc) is 2.93. The van der Waals surface area contributed by atoms with Crippen molar-refractivity contribution in [2.75, 3.05) is 13.2 Å². The number of benzene rings is 1. The third-order valence-electron chi connectivity index (χ3n) is 3.76. The van der Waals surface area contributed by atoms with Gasteiger partial charge in [-0.2, -0.15) is 0 Å². The molecule has 1 aromatic rings. The lowest BCUT2D eigenvalue weighted by molar-refractivity contribution is 0.147. The lowest BCUT2D eigenvalue weighted by atomic mass is 10.0. The summed E-state index contributed by atoms with van der Waals surface area (Å²) in [6.45, 7) is 1.19. The normalized spacial score (nSPS) is 15.4. The van der Waals surface area contributed by atoms with E-state index in [0.717, 1.165) is 25.3 Å². The van der Waals surface area contributed by atoms with E-state index in [1.807, 2.05) is 30.3 Å². The van der Waals surface area contributed by atoms with Crippen LogP contribution in [0.5, 0.6) is 0 Å². The highest BCUT2D eigenvalue weighted by atomic mass is 16.5. The molecule has 19 heavy (non-hydrogen) atoms. The van der Waals surface area contributed by atoms with E-state index in [0.29, 0.717) is 6.61 Å². The van der Waals surface area contributed by atoms with Crippen molar-refractivity contribution in [2.24, 2.45) is 5.92 Å². The van der Waals surface area contributed by atoms with Crippen LogP contribution < -0.4 is 5.32 Å². The number of hydrogen-bond acceptors (Lipinski definition) is 2. The summed E-state index contributed by atoms with van der Waals surface area (Å²) >= 11 is 0. The molecule has 1 fully saturated rings. The van der Waals surface area contributed by atoms with Gasteiger partial charge in [-0.3, -0.25) is 0 Å². The van der Waals surface area contributed by atoms with Crippen LogP contribution in [0.1, 0.15) is 37.7 Å². The molecule has 0 radical (unpaired) electrons. The number of hydrogen-bond donors (Lipinski definition) is 1. The van der Waals surface area contributed by atoms with Crippen molar-refractivity contribution in [2.45, 2.75) is 38.5 Å². The first-order valence-electron chi connectivity index (χ1n) is 7.29. The molecule has 0 heterocycles. The molecule has 104 valence electrons. The van der Waals surface area contributed by atoms with Crippen molar-refractivity contribution in [3.63, 3.8) is 0 Å². The highest BCUT2D eigenvalue weighted by Gasteiger charge is 2.14. The minimum Gasteiger partial charge on any atom is -0.449 e. The third kappa shape index (κ3) is 5.33. The highest BCUT2D eigenvalue weighted by molar-refractivity contribution is 5.67. The van der Waals surface area contributed by atoms with E-state index in [1.54, 1.807) is 0 Å². The number of carbonyl (C=O) groups excluding carboxylic acids is 1. The van der Waals surface area contributed by atoms with Gasteiger partial charge in [0.15, 0.2) is 0 Å². The third-order valence-corrected chi connectivity index (χ3v) is 3.76. The number of alkyl carbamates (subject to hydrolysis) is 1. The van der Waals surface area contributed by atoms with Crippen LogP contribution in [0.15, 0.2) is 30.3 Å². The first-order valence-corrected chi connectivity index (χ1v) is 7.29. The number of amides is 1. The van der Waals surface area contributed by atoms with E-state index in [-0.39, 0.29) is 6.09 Å². The fourth-order valence-corrected chi connectivity index (χ4v) is 2.63. The molecule has 1 aromatic carbocycles. The Morgan fingerprint density at radius 1 is 1.21 bits per heavy atom. The van der Waals surface area contributed by atoms with E-state index in [2.05, 4.69) is 5.32 Å². The summed E-state index contributed by atoms with van der Waals surface area (Å²) in [7, 11) is 0. The fraction of sp³-hybridized carbons (Fsp3) is 0.562. The molecule has 0 saturated heterocycles. The lowest BCUT2D eigenvalue weighted by Gasteiger charge is -2.10. The van der Waals surface area contributed by atoms with Crippen LogP contribution in [-0.4, -0.2) is 19.2 Å². The Labute approximate surface area is 115 Å². The van der Waals surface area contributed by atoms with Gasteiger partial charge >= 0.3 is 6.09 Å². The standard InChI is InChI=1S/C16H23NO2/c18-16(17-12-10-14-8-4-5-9-14)19-13-11-15-6-2-1-3-7-15/h1-3,6-7,14H,4-5,8-13H2,(H,17,18). The van der Waals surface area contributed by atoms with Gasteiger partial charge in [-0.05, 0) is 17.9 Å². The number of carbonyl (C=O) groups is 1. The van der Waals surface area contributed by atoms with Gasteiger partial charge in [0.1, 0.15) is 0 Å². The lowest BCUT2D eigenvalue weighted by Crippen LogP contribution is -2.27. The predicted molar refractivity (Wildman–Crippen MR) is 76.1 cm³/mol. The van der Waals surface area contributed by atoms with Gasteiger partial charge in [-0.25, -0.2) is 4.79 Å². The Morgan fingerprint density at radius 3 is 2.68 bits per heavy atom. The van der Waals surface area contributed by atoms with Gasteiger partial charge in [0.2, 0.25) is 0 Å². The molecule has 0 atom stereocenters. The minimum atomic E-state index is -0.283. The zero-order valence-corrected chi connectivity index (χ0v) is 11.4. The number of nitrogens with one attached hydrogen (secondary N) is 1. The maximum absolute atomic E-state index is 11.5. The molecule has 1 amide bonds. The zero-order chi connectivity index (χ0) is 13.3. The van der Waals surface area contributed by atoms with E-state index in [9.17, 15) is 4.79 Å². The Balaban J connectivity index is 1.52. The summed E-state index contributed by atoms with van der Waals surface area (Å²) in [5.41, 5.74) is 1.20. The van der Waals surface area contributed by atoms with Crippen LogP contribution >= 0.6 is 0 Å². The topological polar surface area (TPSA) is 38.3 Å². The number of ether oxygens (including phenoxy) is 1. The first kappa shape index (κ1) is 13.9. The summed E-state index contributed by atoms with van der Waals surface area (Å²) in [6.07, 6.45) is 6.94. The van der Waals surface area contributed by atoms with Gasteiger partial charge in [-0.1, -0.05) is 56.0 Å². The molecule has 0 bridgehead atoms. The molecule has 1 aliphatic rings. The van der Waals surface area contributed by atoms with E-state index >= 15 is 0 Å². The molecule has 0 aliphatic heterocycles. The van der Waals surface area contributed by atoms with Crippen molar-refractivity contribution >= 4 is 6.09 Å². The second-order valence-corrected chi connectivity index (χ2v) is 5.24. The van der Waals surface area contributed by atoms with Crippen LogP contribution in [-0.2, 0) is 11.2 Å². The van der Waals surface area contributed by atoms with Gasteiger partial charge in [-0.15, -0.1) is 0 Å². The molecule has 1 N–H and O–H groups in total. The monoisotopic (exact) mass is 261 g/mol. The molecular weight excluding hydrogens is 238 g/mol. The Kier molecular flexibility index (Phi) is 5.73. The molecule has 1 saturated carbocycles. The SMILES string of the molecule is O=C(NCCC1CCCC1)OCCc1ccccc1. The summed E-state index contributed by atoms with van der Waals surface area (Å²) in [6, 6.07) is 10.1. The van der Waals surface area contributed by atoms with Crippen LogP contribution in [0.4, 0.5) is 4.79 Å². The van der Waals surface area contributed by atoms with Gasteiger partial charge < -0.3 is 10.1 Å².